The van der Waals surface area contributed by atoms with E-state index in [4.69, 9.17) is 0 Å². The summed E-state index contributed by atoms with van der Waals surface area (Å²) < 4.78 is 0. The summed E-state index contributed by atoms with van der Waals surface area (Å²) in [7, 11) is 1.95. The van der Waals surface area contributed by atoms with Gasteiger partial charge in [0.2, 0.25) is 5.91 Å². The van der Waals surface area contributed by atoms with Gasteiger partial charge < -0.3 is 15.1 Å². The second-order valence-corrected chi connectivity index (χ2v) is 7.98. The molecule has 2 aromatic rings. The lowest BCUT2D eigenvalue weighted by Crippen LogP contribution is -2.44. The Hall–Kier alpha value is -2.41. The summed E-state index contributed by atoms with van der Waals surface area (Å²) in [6, 6.07) is 10.1. The zero-order chi connectivity index (χ0) is 19.4. The van der Waals surface area contributed by atoms with Crippen LogP contribution in [0.5, 0.6) is 0 Å². The second-order valence-electron chi connectivity index (χ2n) is 7.14. The number of amides is 2. The molecule has 144 valence electrons. The number of aromatic nitrogens is 1. The minimum absolute atomic E-state index is 0.00772. The number of likely N-dealkylation sites (tertiary alicyclic amines) is 1. The van der Waals surface area contributed by atoms with Crippen LogP contribution in [0.15, 0.2) is 35.7 Å². The first-order chi connectivity index (χ1) is 13.0. The molecule has 7 heteroatoms. The van der Waals surface area contributed by atoms with Gasteiger partial charge in [0.15, 0.2) is 5.13 Å². The van der Waals surface area contributed by atoms with Crippen molar-refractivity contribution in [2.24, 2.45) is 5.92 Å². The van der Waals surface area contributed by atoms with Gasteiger partial charge in [0.25, 0.3) is 5.91 Å². The van der Waals surface area contributed by atoms with E-state index < -0.39 is 0 Å². The van der Waals surface area contributed by atoms with Gasteiger partial charge >= 0.3 is 0 Å². The monoisotopic (exact) mass is 386 g/mol. The van der Waals surface area contributed by atoms with E-state index in [0.29, 0.717) is 31.6 Å². The first kappa shape index (κ1) is 19.4. The van der Waals surface area contributed by atoms with Crippen molar-refractivity contribution in [1.29, 1.82) is 0 Å². The molecule has 1 aliphatic rings. The van der Waals surface area contributed by atoms with Crippen LogP contribution in [-0.4, -0.2) is 47.9 Å². The van der Waals surface area contributed by atoms with Crippen LogP contribution in [0.3, 0.4) is 0 Å². The molecule has 0 spiro atoms. The highest BCUT2D eigenvalue weighted by Crippen LogP contribution is 2.28. The van der Waals surface area contributed by atoms with Crippen molar-refractivity contribution in [1.82, 2.24) is 15.2 Å². The van der Waals surface area contributed by atoms with Gasteiger partial charge in [-0.2, -0.15) is 0 Å². The van der Waals surface area contributed by atoms with E-state index in [-0.39, 0.29) is 23.8 Å². The van der Waals surface area contributed by atoms with E-state index >= 15 is 0 Å². The van der Waals surface area contributed by atoms with Crippen molar-refractivity contribution in [3.63, 3.8) is 0 Å². The lowest BCUT2D eigenvalue weighted by Gasteiger charge is -2.31. The summed E-state index contributed by atoms with van der Waals surface area (Å²) in [5.41, 5.74) is 1.51. The summed E-state index contributed by atoms with van der Waals surface area (Å²) in [5, 5.41) is 5.56. The van der Waals surface area contributed by atoms with Crippen molar-refractivity contribution < 1.29 is 9.59 Å². The molecule has 6 nitrogen and oxygen atoms in total. The molecule has 27 heavy (non-hydrogen) atoms. The molecule has 2 amide bonds. The molecular weight excluding hydrogens is 360 g/mol. The normalized spacial score (nSPS) is 15.0. The Bertz CT molecular complexity index is 782. The number of nitrogens with one attached hydrogen (secondary N) is 1. The Kier molecular flexibility index (Phi) is 6.11. The first-order valence-electron chi connectivity index (χ1n) is 9.29. The average Bonchev–Trinajstić information content (AvgIpc) is 3.17. The largest absolute Gasteiger partial charge is 0.354 e. The van der Waals surface area contributed by atoms with Crippen LogP contribution in [0.1, 0.15) is 37.2 Å². The molecule has 1 saturated heterocycles. The zero-order valence-electron chi connectivity index (χ0n) is 16.0. The molecule has 0 radical (unpaired) electrons. The van der Waals surface area contributed by atoms with Gasteiger partial charge in [-0.05, 0) is 38.8 Å². The maximum atomic E-state index is 12.8. The Morgan fingerprint density at radius 1 is 1.22 bits per heavy atom. The van der Waals surface area contributed by atoms with E-state index in [1.807, 2.05) is 61.5 Å². The van der Waals surface area contributed by atoms with Crippen LogP contribution >= 0.6 is 11.3 Å². The van der Waals surface area contributed by atoms with E-state index in [2.05, 4.69) is 10.3 Å². The molecule has 1 aromatic carbocycles. The van der Waals surface area contributed by atoms with Crippen LogP contribution in [0.2, 0.25) is 0 Å². The number of anilines is 2. The number of hydrogen-bond donors (Lipinski definition) is 1. The molecule has 0 saturated carbocycles. The maximum Gasteiger partial charge on any atom is 0.273 e. The topological polar surface area (TPSA) is 65.5 Å². The Morgan fingerprint density at radius 2 is 1.89 bits per heavy atom. The predicted molar refractivity (Wildman–Crippen MR) is 109 cm³/mol. The number of benzene rings is 1. The third-order valence-corrected chi connectivity index (χ3v) is 5.64. The van der Waals surface area contributed by atoms with Crippen molar-refractivity contribution in [2.45, 2.75) is 32.7 Å². The molecule has 3 rings (SSSR count). The number of carbonyl (C=O) groups is 2. The fourth-order valence-corrected chi connectivity index (χ4v) is 3.97. The molecule has 1 N–H and O–H groups in total. The smallest absolute Gasteiger partial charge is 0.273 e. The maximum absolute atomic E-state index is 12.8. The fourth-order valence-electron chi connectivity index (χ4n) is 3.19. The fraction of sp³-hybridized carbons (Fsp3) is 0.450. The molecule has 1 fully saturated rings. The van der Waals surface area contributed by atoms with E-state index in [1.54, 1.807) is 4.90 Å². The van der Waals surface area contributed by atoms with E-state index in [0.717, 1.165) is 10.8 Å². The SMILES string of the molecule is CC(C)NC(=O)C1CCN(C(=O)c2csc(N(C)c3ccccc3)n2)CC1. The Morgan fingerprint density at radius 3 is 2.52 bits per heavy atom. The number of nitrogens with zero attached hydrogens (tertiary/aromatic N) is 3. The molecule has 0 aliphatic carbocycles. The highest BCUT2D eigenvalue weighted by Gasteiger charge is 2.29. The van der Waals surface area contributed by atoms with E-state index in [9.17, 15) is 9.59 Å². The van der Waals surface area contributed by atoms with Gasteiger partial charge in [-0.15, -0.1) is 11.3 Å². The van der Waals surface area contributed by atoms with Gasteiger partial charge in [0.1, 0.15) is 5.69 Å². The average molecular weight is 387 g/mol. The summed E-state index contributed by atoms with van der Waals surface area (Å²) in [4.78, 5) is 33.2. The van der Waals surface area contributed by atoms with Crippen LogP contribution in [-0.2, 0) is 4.79 Å². The minimum atomic E-state index is -0.0540. The number of para-hydroxylation sites is 1. The van der Waals surface area contributed by atoms with Crippen molar-refractivity contribution in [3.05, 3.63) is 41.4 Å². The molecule has 1 aliphatic heterocycles. The summed E-state index contributed by atoms with van der Waals surface area (Å²) in [6.07, 6.45) is 1.40. The Labute approximate surface area is 164 Å². The number of piperidine rings is 1. The highest BCUT2D eigenvalue weighted by atomic mass is 32.1. The van der Waals surface area contributed by atoms with Crippen molar-refractivity contribution in [3.8, 4) is 0 Å². The zero-order valence-corrected chi connectivity index (χ0v) is 16.8. The van der Waals surface area contributed by atoms with Gasteiger partial charge in [0.05, 0.1) is 0 Å². The van der Waals surface area contributed by atoms with Gasteiger partial charge in [-0.3, -0.25) is 9.59 Å². The lowest BCUT2D eigenvalue weighted by molar-refractivity contribution is -0.126. The number of rotatable bonds is 5. The van der Waals surface area contributed by atoms with Crippen LogP contribution in [0.25, 0.3) is 0 Å². The molecule has 2 heterocycles. The number of thiazole rings is 1. The highest BCUT2D eigenvalue weighted by molar-refractivity contribution is 7.14. The predicted octanol–water partition coefficient (Wildman–Crippen LogP) is 3.29. The second kappa shape index (κ2) is 8.52. The van der Waals surface area contributed by atoms with Gasteiger partial charge in [0, 0.05) is 43.2 Å². The van der Waals surface area contributed by atoms with Crippen molar-refractivity contribution in [2.75, 3.05) is 25.0 Å². The van der Waals surface area contributed by atoms with Gasteiger partial charge in [-0.25, -0.2) is 4.98 Å². The summed E-state index contributed by atoms with van der Waals surface area (Å²) in [5.74, 6) is 0.0332. The van der Waals surface area contributed by atoms with Gasteiger partial charge in [-0.1, -0.05) is 18.2 Å². The lowest BCUT2D eigenvalue weighted by atomic mass is 9.95. The molecular formula is C20H26N4O2S. The summed E-state index contributed by atoms with van der Waals surface area (Å²) in [6.45, 7) is 5.11. The standard InChI is InChI=1S/C20H26N4O2S/c1-14(2)21-18(25)15-9-11-24(12-10-15)19(26)17-13-27-20(22-17)23(3)16-7-5-4-6-8-16/h4-8,13-15H,9-12H2,1-3H3,(H,21,25). The molecule has 0 bridgehead atoms. The molecule has 0 unspecified atom stereocenters. The van der Waals surface area contributed by atoms with Crippen LogP contribution in [0, 0.1) is 5.92 Å². The number of hydrogen-bond acceptors (Lipinski definition) is 5. The number of carbonyl (C=O) groups excluding carboxylic acids is 2. The van der Waals surface area contributed by atoms with E-state index in [1.165, 1.54) is 11.3 Å². The molecule has 0 atom stereocenters. The first-order valence-corrected chi connectivity index (χ1v) is 10.2. The minimum Gasteiger partial charge on any atom is -0.354 e. The third-order valence-electron chi connectivity index (χ3n) is 4.73. The van der Waals surface area contributed by atoms with Crippen molar-refractivity contribution >= 4 is 34.0 Å². The van der Waals surface area contributed by atoms with Crippen LogP contribution < -0.4 is 10.2 Å². The molecule has 1 aromatic heterocycles. The van der Waals surface area contributed by atoms with Crippen LogP contribution in [0.4, 0.5) is 10.8 Å². The quantitative estimate of drug-likeness (QED) is 0.856. The Balaban J connectivity index is 1.60. The third kappa shape index (κ3) is 4.66. The summed E-state index contributed by atoms with van der Waals surface area (Å²) >= 11 is 1.46.